The summed E-state index contributed by atoms with van der Waals surface area (Å²) in [6.07, 6.45) is 2.29. The van der Waals surface area contributed by atoms with Crippen molar-refractivity contribution in [3.8, 4) is 0 Å². The second kappa shape index (κ2) is 7.26. The molecule has 0 radical (unpaired) electrons. The van der Waals surface area contributed by atoms with E-state index in [1.165, 1.54) is 6.20 Å². The third kappa shape index (κ3) is 3.99. The largest absolute Gasteiger partial charge is 0.394 e. The first-order valence-corrected chi connectivity index (χ1v) is 5.67. The van der Waals surface area contributed by atoms with Crippen molar-refractivity contribution >= 4 is 17.3 Å². The van der Waals surface area contributed by atoms with Crippen LogP contribution in [0, 0.1) is 0 Å². The van der Waals surface area contributed by atoms with Crippen molar-refractivity contribution in [2.24, 2.45) is 0 Å². The lowest BCUT2D eigenvalue weighted by molar-refractivity contribution is 0.198. The topological polar surface area (TPSA) is 76.4 Å². The molecule has 6 nitrogen and oxygen atoms in total. The van der Waals surface area contributed by atoms with Crippen molar-refractivity contribution in [2.45, 2.75) is 13.0 Å². The average Bonchev–Trinajstić information content (AvgIpc) is 2.33. The Morgan fingerprint density at radius 2 is 2.41 bits per heavy atom. The summed E-state index contributed by atoms with van der Waals surface area (Å²) >= 11 is 5.90. The van der Waals surface area contributed by atoms with E-state index in [1.807, 2.05) is 0 Å². The molecular formula is C10H16ClN3O3. The highest BCUT2D eigenvalue weighted by atomic mass is 35.5. The Hall–Kier alpha value is -1.11. The van der Waals surface area contributed by atoms with Crippen molar-refractivity contribution in [3.05, 3.63) is 21.6 Å². The van der Waals surface area contributed by atoms with Crippen molar-refractivity contribution in [1.29, 1.82) is 0 Å². The van der Waals surface area contributed by atoms with Gasteiger partial charge in [-0.3, -0.25) is 4.79 Å². The number of nitrogens with zero attached hydrogens (tertiary/aromatic N) is 2. The highest BCUT2D eigenvalue weighted by molar-refractivity contribution is 6.32. The van der Waals surface area contributed by atoms with Gasteiger partial charge in [-0.2, -0.15) is 5.10 Å². The number of rotatable bonds is 7. The molecule has 17 heavy (non-hydrogen) atoms. The van der Waals surface area contributed by atoms with Gasteiger partial charge in [0, 0.05) is 20.3 Å². The summed E-state index contributed by atoms with van der Waals surface area (Å²) in [6.45, 7) is 1.28. The van der Waals surface area contributed by atoms with Crippen molar-refractivity contribution in [1.82, 2.24) is 9.78 Å². The van der Waals surface area contributed by atoms with Crippen LogP contribution in [-0.4, -0.2) is 41.8 Å². The molecule has 0 spiro atoms. The summed E-state index contributed by atoms with van der Waals surface area (Å²) in [5, 5.41) is 15.7. The van der Waals surface area contributed by atoms with Gasteiger partial charge in [0.1, 0.15) is 5.02 Å². The molecule has 2 N–H and O–H groups in total. The van der Waals surface area contributed by atoms with Gasteiger partial charge < -0.3 is 15.2 Å². The molecule has 1 rings (SSSR count). The molecule has 0 amide bonds. The van der Waals surface area contributed by atoms with E-state index in [4.69, 9.17) is 21.4 Å². The van der Waals surface area contributed by atoms with Gasteiger partial charge in [0.25, 0.3) is 5.56 Å². The van der Waals surface area contributed by atoms with Gasteiger partial charge in [-0.05, 0) is 6.42 Å². The van der Waals surface area contributed by atoms with Gasteiger partial charge in [-0.25, -0.2) is 4.68 Å². The minimum absolute atomic E-state index is 0.0888. The fourth-order valence-corrected chi connectivity index (χ4v) is 1.50. The first-order chi connectivity index (χ1) is 8.20. The second-order valence-corrected chi connectivity index (χ2v) is 3.78. The van der Waals surface area contributed by atoms with Crippen LogP contribution in [-0.2, 0) is 11.3 Å². The van der Waals surface area contributed by atoms with Gasteiger partial charge >= 0.3 is 0 Å². The molecule has 1 aromatic rings. The molecule has 0 unspecified atom stereocenters. The minimum atomic E-state index is -0.405. The molecule has 0 aliphatic heterocycles. The van der Waals surface area contributed by atoms with E-state index >= 15 is 0 Å². The maximum atomic E-state index is 11.7. The lowest BCUT2D eigenvalue weighted by Crippen LogP contribution is -2.25. The summed E-state index contributed by atoms with van der Waals surface area (Å²) in [7, 11) is 1.63. The predicted octanol–water partition coefficient (Wildman–Crippen LogP) is 0.337. The fraction of sp³-hybridized carbons (Fsp3) is 0.600. The van der Waals surface area contributed by atoms with Crippen LogP contribution in [0.2, 0.25) is 5.02 Å². The molecule has 0 aliphatic rings. The second-order valence-electron chi connectivity index (χ2n) is 3.40. The fourth-order valence-electron chi connectivity index (χ4n) is 1.28. The number of hydrogen-bond donors (Lipinski definition) is 2. The van der Waals surface area contributed by atoms with Crippen LogP contribution in [0.4, 0.5) is 5.69 Å². The van der Waals surface area contributed by atoms with Crippen LogP contribution in [0.3, 0.4) is 0 Å². The van der Waals surface area contributed by atoms with Gasteiger partial charge in [-0.15, -0.1) is 0 Å². The van der Waals surface area contributed by atoms with Gasteiger partial charge in [0.2, 0.25) is 0 Å². The van der Waals surface area contributed by atoms with Crippen LogP contribution in [0.25, 0.3) is 0 Å². The minimum Gasteiger partial charge on any atom is -0.394 e. The molecule has 1 heterocycles. The molecule has 7 heteroatoms. The van der Waals surface area contributed by atoms with Crippen LogP contribution < -0.4 is 10.9 Å². The Morgan fingerprint density at radius 3 is 3.06 bits per heavy atom. The summed E-state index contributed by atoms with van der Waals surface area (Å²) in [5.41, 5.74) is 0.0967. The number of nitrogens with one attached hydrogen (secondary N) is 1. The van der Waals surface area contributed by atoms with Gasteiger partial charge in [-0.1, -0.05) is 11.6 Å². The predicted molar refractivity (Wildman–Crippen MR) is 65.6 cm³/mol. The van der Waals surface area contributed by atoms with Crippen LogP contribution >= 0.6 is 11.6 Å². The lowest BCUT2D eigenvalue weighted by Gasteiger charge is -2.09. The highest BCUT2D eigenvalue weighted by Gasteiger charge is 2.08. The number of methoxy groups -OCH3 is 1. The Morgan fingerprint density at radius 1 is 1.65 bits per heavy atom. The quantitative estimate of drug-likeness (QED) is 0.692. The van der Waals surface area contributed by atoms with Crippen molar-refractivity contribution < 1.29 is 9.84 Å². The Bertz CT molecular complexity index is 408. The number of anilines is 1. The van der Waals surface area contributed by atoms with Crippen molar-refractivity contribution in [3.63, 3.8) is 0 Å². The lowest BCUT2D eigenvalue weighted by atomic mass is 10.4. The molecular weight excluding hydrogens is 246 g/mol. The van der Waals surface area contributed by atoms with E-state index in [1.54, 1.807) is 7.11 Å². The molecule has 0 fully saturated rings. The SMILES string of the molecule is COCCCNc1cnn(CCO)c(=O)c1Cl. The smallest absolute Gasteiger partial charge is 0.287 e. The maximum Gasteiger partial charge on any atom is 0.287 e. The molecule has 1 aromatic heterocycles. The molecule has 0 saturated carbocycles. The number of aliphatic hydroxyl groups is 1. The number of ether oxygens (including phenoxy) is 1. The van der Waals surface area contributed by atoms with E-state index in [0.717, 1.165) is 11.1 Å². The number of halogens is 1. The summed E-state index contributed by atoms with van der Waals surface area (Å²) in [5.74, 6) is 0. The average molecular weight is 262 g/mol. The van der Waals surface area contributed by atoms with Crippen LogP contribution in [0.15, 0.2) is 11.0 Å². The summed E-state index contributed by atoms with van der Waals surface area (Å²) in [4.78, 5) is 11.7. The number of aromatic nitrogens is 2. The third-order valence-electron chi connectivity index (χ3n) is 2.14. The van der Waals surface area contributed by atoms with Gasteiger partial charge in [0.05, 0.1) is 25.0 Å². The van der Waals surface area contributed by atoms with E-state index in [9.17, 15) is 4.79 Å². The molecule has 0 saturated heterocycles. The molecule has 0 aliphatic carbocycles. The van der Waals surface area contributed by atoms with Crippen LogP contribution in [0.1, 0.15) is 6.42 Å². The van der Waals surface area contributed by atoms with E-state index in [-0.39, 0.29) is 18.2 Å². The third-order valence-corrected chi connectivity index (χ3v) is 2.50. The summed E-state index contributed by atoms with van der Waals surface area (Å²) in [6, 6.07) is 0. The molecule has 96 valence electrons. The van der Waals surface area contributed by atoms with Gasteiger partial charge in [0.15, 0.2) is 0 Å². The first-order valence-electron chi connectivity index (χ1n) is 5.30. The van der Waals surface area contributed by atoms with Crippen molar-refractivity contribution in [2.75, 3.05) is 32.2 Å². The van der Waals surface area contributed by atoms with Crippen LogP contribution in [0.5, 0.6) is 0 Å². The Balaban J connectivity index is 2.68. The summed E-state index contributed by atoms with van der Waals surface area (Å²) < 4.78 is 6.03. The molecule has 0 bridgehead atoms. The zero-order valence-corrected chi connectivity index (χ0v) is 10.4. The monoisotopic (exact) mass is 261 g/mol. The highest BCUT2D eigenvalue weighted by Crippen LogP contribution is 2.14. The first kappa shape index (κ1) is 14.0. The molecule has 0 aromatic carbocycles. The zero-order valence-electron chi connectivity index (χ0n) is 9.65. The van der Waals surface area contributed by atoms with E-state index in [2.05, 4.69) is 10.4 Å². The zero-order chi connectivity index (χ0) is 12.7. The number of hydrogen-bond acceptors (Lipinski definition) is 5. The Kier molecular flexibility index (Phi) is 5.96. The standard InChI is InChI=1S/C10H16ClN3O3/c1-17-6-2-3-12-8-7-13-14(4-5-15)10(16)9(8)11/h7,12,15H,2-6H2,1H3. The maximum absolute atomic E-state index is 11.7. The van der Waals surface area contributed by atoms with E-state index < -0.39 is 5.56 Å². The Labute approximate surface area is 104 Å². The number of aliphatic hydroxyl groups excluding tert-OH is 1. The molecule has 0 atom stereocenters. The van der Waals surface area contributed by atoms with E-state index in [0.29, 0.717) is 18.8 Å². The normalized spacial score (nSPS) is 10.5.